The Balaban J connectivity index is 2.18. The predicted molar refractivity (Wildman–Crippen MR) is 73.7 cm³/mol. The van der Waals surface area contributed by atoms with Gasteiger partial charge in [-0.05, 0) is 43.5 Å². The van der Waals surface area contributed by atoms with Gasteiger partial charge in [0.2, 0.25) is 0 Å². The van der Waals surface area contributed by atoms with Crippen molar-refractivity contribution < 1.29 is 22.4 Å². The second-order valence-corrected chi connectivity index (χ2v) is 5.55. The number of nitrogens with two attached hydrogens (primary N) is 1. The average Bonchev–Trinajstić information content (AvgIpc) is 2.47. The first kappa shape index (κ1) is 16.7. The van der Waals surface area contributed by atoms with Crippen molar-refractivity contribution in [3.63, 3.8) is 0 Å². The van der Waals surface area contributed by atoms with Gasteiger partial charge in [0.05, 0.1) is 11.1 Å². The van der Waals surface area contributed by atoms with E-state index in [2.05, 4.69) is 5.32 Å². The Morgan fingerprint density at radius 2 is 1.95 bits per heavy atom. The standard InChI is InChI=1S/C15H18F4N2O/c16-12-6-5-10(15(17,18)19)7-11(12)14(22)21-13-4-2-1-3-9(13)8-20/h5-7,9,13H,1-4,8,20H2,(H,21,22). The lowest BCUT2D eigenvalue weighted by molar-refractivity contribution is -0.137. The van der Waals surface area contributed by atoms with Crippen LogP contribution in [0.15, 0.2) is 18.2 Å². The van der Waals surface area contributed by atoms with Crippen LogP contribution in [0.5, 0.6) is 0 Å². The van der Waals surface area contributed by atoms with Crippen LogP contribution in [0.25, 0.3) is 0 Å². The topological polar surface area (TPSA) is 55.1 Å². The third-order valence-corrected chi connectivity index (χ3v) is 4.07. The number of benzene rings is 1. The van der Waals surface area contributed by atoms with Crippen LogP contribution in [-0.4, -0.2) is 18.5 Å². The van der Waals surface area contributed by atoms with Crippen LogP contribution >= 0.6 is 0 Å². The van der Waals surface area contributed by atoms with Crippen LogP contribution < -0.4 is 11.1 Å². The van der Waals surface area contributed by atoms with Crippen LogP contribution in [-0.2, 0) is 6.18 Å². The van der Waals surface area contributed by atoms with Gasteiger partial charge in [0, 0.05) is 6.04 Å². The molecule has 1 saturated carbocycles. The van der Waals surface area contributed by atoms with Crippen molar-refractivity contribution in [1.82, 2.24) is 5.32 Å². The summed E-state index contributed by atoms with van der Waals surface area (Å²) in [6.45, 7) is 0.385. The Morgan fingerprint density at radius 1 is 1.27 bits per heavy atom. The molecule has 1 aromatic carbocycles. The van der Waals surface area contributed by atoms with Gasteiger partial charge in [0.15, 0.2) is 0 Å². The number of carbonyl (C=O) groups is 1. The molecule has 1 aliphatic rings. The number of carbonyl (C=O) groups excluding carboxylic acids is 1. The number of hydrogen-bond donors (Lipinski definition) is 2. The molecule has 3 nitrogen and oxygen atoms in total. The highest BCUT2D eigenvalue weighted by Crippen LogP contribution is 2.30. The molecule has 7 heteroatoms. The number of halogens is 4. The first-order valence-corrected chi connectivity index (χ1v) is 7.20. The van der Waals surface area contributed by atoms with Crippen molar-refractivity contribution in [1.29, 1.82) is 0 Å². The minimum Gasteiger partial charge on any atom is -0.349 e. The lowest BCUT2D eigenvalue weighted by atomic mass is 9.84. The molecule has 1 aliphatic carbocycles. The lowest BCUT2D eigenvalue weighted by Gasteiger charge is -2.31. The summed E-state index contributed by atoms with van der Waals surface area (Å²) in [6, 6.07) is 1.61. The van der Waals surface area contributed by atoms with E-state index >= 15 is 0 Å². The fraction of sp³-hybridized carbons (Fsp3) is 0.533. The molecular formula is C15H18F4N2O. The molecule has 0 radical (unpaired) electrons. The van der Waals surface area contributed by atoms with Crippen LogP contribution in [0.2, 0.25) is 0 Å². The molecule has 2 rings (SSSR count). The van der Waals surface area contributed by atoms with E-state index in [1.807, 2.05) is 0 Å². The van der Waals surface area contributed by atoms with Crippen molar-refractivity contribution in [2.24, 2.45) is 11.7 Å². The SMILES string of the molecule is NCC1CCCCC1NC(=O)c1cc(C(F)(F)F)ccc1F. The minimum atomic E-state index is -4.62. The minimum absolute atomic E-state index is 0.0755. The fourth-order valence-corrected chi connectivity index (χ4v) is 2.80. The van der Waals surface area contributed by atoms with Crippen molar-refractivity contribution in [3.8, 4) is 0 Å². The van der Waals surface area contributed by atoms with E-state index in [0.29, 0.717) is 31.2 Å². The van der Waals surface area contributed by atoms with Crippen LogP contribution in [0, 0.1) is 11.7 Å². The van der Waals surface area contributed by atoms with Gasteiger partial charge in [-0.15, -0.1) is 0 Å². The van der Waals surface area contributed by atoms with Gasteiger partial charge in [-0.25, -0.2) is 4.39 Å². The molecule has 0 aliphatic heterocycles. The molecule has 0 bridgehead atoms. The van der Waals surface area contributed by atoms with Crippen molar-refractivity contribution in [3.05, 3.63) is 35.1 Å². The molecule has 0 aromatic heterocycles. The predicted octanol–water partition coefficient (Wildman–Crippen LogP) is 3.09. The van der Waals surface area contributed by atoms with E-state index in [-0.39, 0.29) is 12.0 Å². The molecule has 1 fully saturated rings. The molecule has 0 spiro atoms. The molecule has 1 amide bonds. The van der Waals surface area contributed by atoms with Gasteiger partial charge in [-0.2, -0.15) is 13.2 Å². The van der Waals surface area contributed by atoms with Crippen LogP contribution in [0.4, 0.5) is 17.6 Å². The van der Waals surface area contributed by atoms with E-state index in [4.69, 9.17) is 5.73 Å². The Labute approximate surface area is 125 Å². The quantitative estimate of drug-likeness (QED) is 0.842. The summed E-state index contributed by atoms with van der Waals surface area (Å²) < 4.78 is 51.7. The summed E-state index contributed by atoms with van der Waals surface area (Å²) in [6.07, 6.45) is -1.15. The molecule has 22 heavy (non-hydrogen) atoms. The zero-order chi connectivity index (χ0) is 16.3. The highest BCUT2D eigenvalue weighted by atomic mass is 19.4. The molecule has 0 heterocycles. The number of amides is 1. The maximum Gasteiger partial charge on any atom is 0.416 e. The third kappa shape index (κ3) is 3.76. The normalized spacial score (nSPS) is 22.4. The van der Waals surface area contributed by atoms with Gasteiger partial charge in [-0.1, -0.05) is 12.8 Å². The van der Waals surface area contributed by atoms with E-state index in [1.165, 1.54) is 0 Å². The Hall–Kier alpha value is -1.63. The highest BCUT2D eigenvalue weighted by Gasteiger charge is 2.32. The first-order chi connectivity index (χ1) is 10.3. The number of hydrogen-bond acceptors (Lipinski definition) is 2. The van der Waals surface area contributed by atoms with E-state index in [1.54, 1.807) is 0 Å². The number of rotatable bonds is 3. The molecule has 2 atom stereocenters. The number of alkyl halides is 3. The third-order valence-electron chi connectivity index (χ3n) is 4.07. The molecule has 0 saturated heterocycles. The maximum atomic E-state index is 13.7. The molecule has 3 N–H and O–H groups in total. The van der Waals surface area contributed by atoms with Crippen molar-refractivity contribution in [2.75, 3.05) is 6.54 Å². The van der Waals surface area contributed by atoms with E-state index in [0.717, 1.165) is 19.3 Å². The average molecular weight is 318 g/mol. The Kier molecular flexibility index (Phi) is 5.05. The second kappa shape index (κ2) is 6.64. The lowest BCUT2D eigenvalue weighted by Crippen LogP contribution is -2.45. The van der Waals surface area contributed by atoms with Gasteiger partial charge in [-0.3, -0.25) is 4.79 Å². The molecule has 2 unspecified atom stereocenters. The monoisotopic (exact) mass is 318 g/mol. The number of nitrogens with one attached hydrogen (secondary N) is 1. The highest BCUT2D eigenvalue weighted by molar-refractivity contribution is 5.94. The summed E-state index contributed by atoms with van der Waals surface area (Å²) in [5.41, 5.74) is 4.01. The Morgan fingerprint density at radius 3 is 2.59 bits per heavy atom. The largest absolute Gasteiger partial charge is 0.416 e. The van der Waals surface area contributed by atoms with E-state index < -0.39 is 29.0 Å². The molecule has 1 aromatic rings. The van der Waals surface area contributed by atoms with Crippen molar-refractivity contribution >= 4 is 5.91 Å². The molecular weight excluding hydrogens is 300 g/mol. The summed E-state index contributed by atoms with van der Waals surface area (Å²) >= 11 is 0. The zero-order valence-corrected chi connectivity index (χ0v) is 11.9. The molecule has 122 valence electrons. The van der Waals surface area contributed by atoms with Crippen LogP contribution in [0.1, 0.15) is 41.6 Å². The fourth-order valence-electron chi connectivity index (χ4n) is 2.80. The maximum absolute atomic E-state index is 13.7. The van der Waals surface area contributed by atoms with Crippen LogP contribution in [0.3, 0.4) is 0 Å². The first-order valence-electron chi connectivity index (χ1n) is 7.20. The van der Waals surface area contributed by atoms with E-state index in [9.17, 15) is 22.4 Å². The smallest absolute Gasteiger partial charge is 0.349 e. The van der Waals surface area contributed by atoms with Gasteiger partial charge < -0.3 is 11.1 Å². The summed E-state index contributed by atoms with van der Waals surface area (Å²) in [4.78, 5) is 12.1. The summed E-state index contributed by atoms with van der Waals surface area (Å²) in [5.74, 6) is -1.72. The van der Waals surface area contributed by atoms with Gasteiger partial charge in [0.25, 0.3) is 5.91 Å². The zero-order valence-electron chi connectivity index (χ0n) is 11.9. The summed E-state index contributed by atoms with van der Waals surface area (Å²) in [5, 5.41) is 2.63. The van der Waals surface area contributed by atoms with Crippen molar-refractivity contribution in [2.45, 2.75) is 37.9 Å². The second-order valence-electron chi connectivity index (χ2n) is 5.55. The van der Waals surface area contributed by atoms with Gasteiger partial charge >= 0.3 is 6.18 Å². The van der Waals surface area contributed by atoms with Gasteiger partial charge in [0.1, 0.15) is 5.82 Å². The summed E-state index contributed by atoms with van der Waals surface area (Å²) in [7, 11) is 0. The Bertz CT molecular complexity index is 545.